The maximum Gasteiger partial charge on any atom is 0.273 e. The van der Waals surface area contributed by atoms with Gasteiger partial charge in [-0.1, -0.05) is 24.3 Å². The van der Waals surface area contributed by atoms with Crippen molar-refractivity contribution >= 4 is 34.1 Å². The zero-order valence-electron chi connectivity index (χ0n) is 20.2. The minimum Gasteiger partial charge on any atom is -0.350 e. The number of nitrogens with zero attached hydrogens (tertiary/aromatic N) is 3. The normalized spacial score (nSPS) is 14.1. The summed E-state index contributed by atoms with van der Waals surface area (Å²) in [6.07, 6.45) is 3.35. The number of carbonyl (C=O) groups is 2. The first kappa shape index (κ1) is 24.2. The Hall–Kier alpha value is -4.53. The molecule has 2 heterocycles. The van der Waals surface area contributed by atoms with Gasteiger partial charge in [-0.05, 0) is 54.7 Å². The van der Waals surface area contributed by atoms with E-state index in [0.717, 1.165) is 34.7 Å². The largest absolute Gasteiger partial charge is 0.350 e. The molecular weight excluding hydrogens is 475 g/mol. The first-order valence-corrected chi connectivity index (χ1v) is 12.0. The number of amides is 2. The Morgan fingerprint density at radius 2 is 1.76 bits per heavy atom. The van der Waals surface area contributed by atoms with Gasteiger partial charge in [-0.15, -0.1) is 0 Å². The molecule has 1 N–H and O–H groups in total. The minimum atomic E-state index is -0.806. The van der Waals surface area contributed by atoms with Crippen molar-refractivity contribution in [3.8, 4) is 0 Å². The molecule has 0 saturated carbocycles. The van der Waals surface area contributed by atoms with Gasteiger partial charge in [0.15, 0.2) is 0 Å². The van der Waals surface area contributed by atoms with Gasteiger partial charge in [-0.3, -0.25) is 19.7 Å². The molecule has 9 heteroatoms. The van der Waals surface area contributed by atoms with E-state index in [9.17, 15) is 24.1 Å². The van der Waals surface area contributed by atoms with Crippen LogP contribution in [-0.4, -0.2) is 39.3 Å². The second-order valence-corrected chi connectivity index (χ2v) is 9.27. The predicted octanol–water partition coefficient (Wildman–Crippen LogP) is 5.50. The highest BCUT2D eigenvalue weighted by atomic mass is 19.1. The van der Waals surface area contributed by atoms with Gasteiger partial charge in [0, 0.05) is 49.0 Å². The maximum absolute atomic E-state index is 13.8. The molecule has 0 aliphatic carbocycles. The average Bonchev–Trinajstić information content (AvgIpc) is 3.29. The lowest BCUT2D eigenvalue weighted by Gasteiger charge is -2.32. The molecule has 0 unspecified atom stereocenters. The van der Waals surface area contributed by atoms with Crippen LogP contribution >= 0.6 is 0 Å². The number of para-hydroxylation sites is 1. The highest BCUT2D eigenvalue weighted by Crippen LogP contribution is 2.30. The number of hydrogen-bond acceptors (Lipinski definition) is 4. The second-order valence-electron chi connectivity index (χ2n) is 9.27. The number of non-ortho nitro benzene ring substituents is 1. The maximum atomic E-state index is 13.8. The lowest BCUT2D eigenvalue weighted by atomic mass is 9.89. The molecule has 1 aliphatic rings. The third-order valence-electron chi connectivity index (χ3n) is 6.90. The van der Waals surface area contributed by atoms with E-state index in [-0.39, 0.29) is 17.4 Å². The summed E-state index contributed by atoms with van der Waals surface area (Å²) in [5.74, 6) is -1.16. The number of fused-ring (bicyclic) bond motifs is 1. The van der Waals surface area contributed by atoms with Gasteiger partial charge in [0.2, 0.25) is 0 Å². The summed E-state index contributed by atoms with van der Waals surface area (Å²) in [5.41, 5.74) is 2.83. The van der Waals surface area contributed by atoms with Gasteiger partial charge < -0.3 is 14.8 Å². The number of hydrogen-bond donors (Lipinski definition) is 1. The zero-order valence-corrected chi connectivity index (χ0v) is 20.2. The molecule has 5 rings (SSSR count). The molecule has 1 fully saturated rings. The molecule has 0 spiro atoms. The van der Waals surface area contributed by atoms with Gasteiger partial charge >= 0.3 is 0 Å². The predicted molar refractivity (Wildman–Crippen MR) is 138 cm³/mol. The number of carbonyl (C=O) groups excluding carboxylic acids is 2. The van der Waals surface area contributed by atoms with Crippen molar-refractivity contribution in [3.05, 3.63) is 106 Å². The third kappa shape index (κ3) is 4.93. The van der Waals surface area contributed by atoms with E-state index in [0.29, 0.717) is 37.2 Å². The number of aryl methyl sites for hydroxylation is 1. The SMILES string of the molecule is Cn1ccc2cccc(C(=O)Nc3ccc(C4CCN(C(=O)c5cc(F)cc([N+](=O)[O-])c5)CC4)cc3)c21. The standard InChI is InChI=1S/C28H25FN4O4/c1-31-12-9-20-3-2-4-25(26(20)31)27(34)30-23-7-5-18(6-8-23)19-10-13-32(14-11-19)28(35)21-15-22(29)17-24(16-21)33(36)37/h2-9,12,15-17,19H,10-11,13-14H2,1H3,(H,30,34). The highest BCUT2D eigenvalue weighted by molar-refractivity contribution is 6.12. The second kappa shape index (κ2) is 9.85. The molecule has 4 aromatic rings. The van der Waals surface area contributed by atoms with E-state index >= 15 is 0 Å². The number of likely N-dealkylation sites (tertiary alicyclic amines) is 1. The average molecular weight is 501 g/mol. The fourth-order valence-electron chi connectivity index (χ4n) is 4.98. The summed E-state index contributed by atoms with van der Waals surface area (Å²) in [7, 11) is 1.91. The van der Waals surface area contributed by atoms with Gasteiger partial charge in [0.1, 0.15) is 5.82 Å². The van der Waals surface area contributed by atoms with Gasteiger partial charge in [-0.25, -0.2) is 4.39 Å². The molecule has 2 amide bonds. The van der Waals surface area contributed by atoms with Crippen molar-refractivity contribution in [2.75, 3.05) is 18.4 Å². The Bertz CT molecular complexity index is 1500. The highest BCUT2D eigenvalue weighted by Gasteiger charge is 2.26. The molecule has 37 heavy (non-hydrogen) atoms. The fourth-order valence-corrected chi connectivity index (χ4v) is 4.98. The van der Waals surface area contributed by atoms with E-state index in [1.165, 1.54) is 0 Å². The summed E-state index contributed by atoms with van der Waals surface area (Å²) in [5, 5.41) is 15.0. The molecule has 1 aromatic heterocycles. The van der Waals surface area contributed by atoms with Crippen molar-refractivity contribution in [1.29, 1.82) is 0 Å². The Labute approximate surface area is 212 Å². The monoisotopic (exact) mass is 500 g/mol. The Morgan fingerprint density at radius 3 is 2.46 bits per heavy atom. The Kier molecular flexibility index (Phi) is 6.43. The number of rotatable bonds is 5. The molecule has 0 bridgehead atoms. The van der Waals surface area contributed by atoms with E-state index in [1.54, 1.807) is 4.90 Å². The number of benzene rings is 3. The summed E-state index contributed by atoms with van der Waals surface area (Å²) in [6.45, 7) is 0.930. The van der Waals surface area contributed by atoms with Crippen LogP contribution in [0.5, 0.6) is 0 Å². The molecular formula is C28H25FN4O4. The van der Waals surface area contributed by atoms with Crippen LogP contribution in [0.3, 0.4) is 0 Å². The van der Waals surface area contributed by atoms with E-state index in [4.69, 9.17) is 0 Å². The van der Waals surface area contributed by atoms with Crippen molar-refractivity contribution in [3.63, 3.8) is 0 Å². The zero-order chi connectivity index (χ0) is 26.1. The van der Waals surface area contributed by atoms with Crippen LogP contribution in [0.2, 0.25) is 0 Å². The van der Waals surface area contributed by atoms with Crippen LogP contribution < -0.4 is 5.32 Å². The summed E-state index contributed by atoms with van der Waals surface area (Å²) in [4.78, 5) is 37.7. The molecule has 1 saturated heterocycles. The minimum absolute atomic E-state index is 0.0173. The first-order valence-electron chi connectivity index (χ1n) is 12.0. The fraction of sp³-hybridized carbons (Fsp3) is 0.214. The topological polar surface area (TPSA) is 97.5 Å². The number of piperidine rings is 1. The van der Waals surface area contributed by atoms with Crippen LogP contribution in [-0.2, 0) is 7.05 Å². The summed E-state index contributed by atoms with van der Waals surface area (Å²) in [6, 6.07) is 18.3. The van der Waals surface area contributed by atoms with E-state index in [2.05, 4.69) is 5.32 Å². The number of nitro benzene ring substituents is 1. The lowest BCUT2D eigenvalue weighted by molar-refractivity contribution is -0.385. The lowest BCUT2D eigenvalue weighted by Crippen LogP contribution is -2.38. The summed E-state index contributed by atoms with van der Waals surface area (Å²) >= 11 is 0. The number of nitro groups is 1. The smallest absolute Gasteiger partial charge is 0.273 e. The quantitative estimate of drug-likeness (QED) is 0.289. The van der Waals surface area contributed by atoms with Gasteiger partial charge in [0.25, 0.3) is 17.5 Å². The number of aromatic nitrogens is 1. The number of nitrogens with one attached hydrogen (secondary N) is 1. The summed E-state index contributed by atoms with van der Waals surface area (Å²) < 4.78 is 15.7. The molecule has 188 valence electrons. The number of anilines is 1. The molecule has 8 nitrogen and oxygen atoms in total. The van der Waals surface area contributed by atoms with Crippen molar-refractivity contribution in [2.45, 2.75) is 18.8 Å². The molecule has 0 atom stereocenters. The Balaban J connectivity index is 1.21. The van der Waals surface area contributed by atoms with Crippen molar-refractivity contribution in [2.24, 2.45) is 7.05 Å². The molecule has 0 radical (unpaired) electrons. The van der Waals surface area contributed by atoms with Crippen LogP contribution in [0.1, 0.15) is 45.0 Å². The first-order chi connectivity index (χ1) is 17.8. The van der Waals surface area contributed by atoms with E-state index in [1.807, 2.05) is 66.3 Å². The van der Waals surface area contributed by atoms with Gasteiger partial charge in [-0.2, -0.15) is 0 Å². The van der Waals surface area contributed by atoms with Crippen molar-refractivity contribution < 1.29 is 18.9 Å². The van der Waals surface area contributed by atoms with Gasteiger partial charge in [0.05, 0.1) is 22.1 Å². The van der Waals surface area contributed by atoms with E-state index < -0.39 is 22.3 Å². The third-order valence-corrected chi connectivity index (χ3v) is 6.90. The van der Waals surface area contributed by atoms with Crippen molar-refractivity contribution in [1.82, 2.24) is 9.47 Å². The van der Waals surface area contributed by atoms with Crippen LogP contribution in [0.4, 0.5) is 15.8 Å². The number of halogens is 1. The van der Waals surface area contributed by atoms with Crippen LogP contribution in [0, 0.1) is 15.9 Å². The van der Waals surface area contributed by atoms with Crippen LogP contribution in [0.25, 0.3) is 10.9 Å². The Morgan fingerprint density at radius 1 is 1.03 bits per heavy atom. The molecule has 1 aliphatic heterocycles. The van der Waals surface area contributed by atoms with Crippen LogP contribution in [0.15, 0.2) is 72.9 Å². The molecule has 3 aromatic carbocycles.